The minimum absolute atomic E-state index is 0.0435. The molecule has 31 heavy (non-hydrogen) atoms. The van der Waals surface area contributed by atoms with Crippen molar-refractivity contribution in [2.45, 2.75) is 59.0 Å². The summed E-state index contributed by atoms with van der Waals surface area (Å²) in [5.41, 5.74) is 7.42. The molecule has 1 aromatic carbocycles. The highest BCUT2D eigenvalue weighted by atomic mass is 32.1. The van der Waals surface area contributed by atoms with Gasteiger partial charge in [-0.2, -0.15) is 0 Å². The van der Waals surface area contributed by atoms with Gasteiger partial charge >= 0.3 is 0 Å². The Bertz CT molecular complexity index is 1040. The predicted molar refractivity (Wildman–Crippen MR) is 132 cm³/mol. The highest BCUT2D eigenvalue weighted by molar-refractivity contribution is 7.80. The van der Waals surface area contributed by atoms with Gasteiger partial charge in [0.1, 0.15) is 0 Å². The van der Waals surface area contributed by atoms with Crippen LogP contribution >= 0.6 is 12.2 Å². The average Bonchev–Trinajstić information content (AvgIpc) is 3.27. The Labute approximate surface area is 191 Å². The van der Waals surface area contributed by atoms with Gasteiger partial charge in [-0.25, -0.2) is 0 Å². The van der Waals surface area contributed by atoms with Crippen molar-refractivity contribution in [1.82, 2.24) is 19.8 Å². The van der Waals surface area contributed by atoms with Crippen molar-refractivity contribution < 1.29 is 0 Å². The van der Waals surface area contributed by atoms with Crippen LogP contribution in [-0.4, -0.2) is 26.1 Å². The molecule has 5 heteroatoms. The molecule has 3 heterocycles. The first-order valence-electron chi connectivity index (χ1n) is 11.3. The number of aromatic nitrogens is 2. The first-order chi connectivity index (χ1) is 15.0. The topological polar surface area (TPSA) is 33.1 Å². The normalized spacial score (nSPS) is 18.5. The van der Waals surface area contributed by atoms with E-state index in [1.165, 1.54) is 28.2 Å². The van der Waals surface area contributed by atoms with E-state index in [0.29, 0.717) is 0 Å². The zero-order valence-electron chi connectivity index (χ0n) is 18.9. The lowest BCUT2D eigenvalue weighted by Crippen LogP contribution is -2.30. The zero-order valence-corrected chi connectivity index (χ0v) is 19.7. The molecule has 3 aromatic rings. The van der Waals surface area contributed by atoms with Crippen LogP contribution in [0.2, 0.25) is 0 Å². The van der Waals surface area contributed by atoms with E-state index in [4.69, 9.17) is 12.2 Å². The maximum Gasteiger partial charge on any atom is 0.170 e. The number of benzene rings is 1. The molecular weight excluding hydrogens is 400 g/mol. The second-order valence-electron chi connectivity index (χ2n) is 8.36. The molecule has 0 aliphatic carbocycles. The van der Waals surface area contributed by atoms with Gasteiger partial charge in [0, 0.05) is 29.8 Å². The van der Waals surface area contributed by atoms with Crippen molar-refractivity contribution in [3.05, 3.63) is 82.9 Å². The molecule has 4 rings (SSSR count). The minimum Gasteiger partial charge on any atom is -0.352 e. The molecule has 1 aliphatic rings. The van der Waals surface area contributed by atoms with Gasteiger partial charge in [0.2, 0.25) is 0 Å². The quantitative estimate of drug-likeness (QED) is 0.477. The molecule has 0 unspecified atom stereocenters. The monoisotopic (exact) mass is 432 g/mol. The molecule has 1 saturated heterocycles. The Morgan fingerprint density at radius 2 is 1.84 bits per heavy atom. The number of nitrogens with one attached hydrogen (secondary N) is 1. The Morgan fingerprint density at radius 3 is 2.48 bits per heavy atom. The Balaban J connectivity index is 1.79. The molecule has 0 saturated carbocycles. The van der Waals surface area contributed by atoms with E-state index >= 15 is 0 Å². The second kappa shape index (κ2) is 9.23. The molecule has 1 fully saturated rings. The van der Waals surface area contributed by atoms with Gasteiger partial charge < -0.3 is 14.8 Å². The lowest BCUT2D eigenvalue weighted by Gasteiger charge is -2.28. The number of unbranched alkanes of at least 4 members (excludes halogenated alkanes) is 1. The molecule has 162 valence electrons. The van der Waals surface area contributed by atoms with Crippen LogP contribution in [0.4, 0.5) is 0 Å². The van der Waals surface area contributed by atoms with Crippen LogP contribution in [0.5, 0.6) is 0 Å². The molecule has 4 nitrogen and oxygen atoms in total. The van der Waals surface area contributed by atoms with Gasteiger partial charge in [-0.05, 0) is 80.4 Å². The molecule has 2 aromatic heterocycles. The maximum absolute atomic E-state index is 5.79. The molecular formula is C26H32N4S. The van der Waals surface area contributed by atoms with Crippen molar-refractivity contribution in [2.24, 2.45) is 0 Å². The summed E-state index contributed by atoms with van der Waals surface area (Å²) in [5.74, 6) is 0. The van der Waals surface area contributed by atoms with Crippen LogP contribution < -0.4 is 5.32 Å². The Morgan fingerprint density at radius 1 is 1.06 bits per heavy atom. The first-order valence-corrected chi connectivity index (χ1v) is 11.7. The molecule has 2 atom stereocenters. The highest BCUT2D eigenvalue weighted by Crippen LogP contribution is 2.41. The maximum atomic E-state index is 5.79. The highest BCUT2D eigenvalue weighted by Gasteiger charge is 2.41. The first kappa shape index (κ1) is 21.6. The van der Waals surface area contributed by atoms with E-state index < -0.39 is 0 Å². The van der Waals surface area contributed by atoms with Crippen molar-refractivity contribution in [2.75, 3.05) is 6.54 Å². The van der Waals surface area contributed by atoms with Crippen LogP contribution in [0.1, 0.15) is 67.0 Å². The number of rotatable bonds is 7. The fourth-order valence-electron chi connectivity index (χ4n) is 4.68. The van der Waals surface area contributed by atoms with Gasteiger partial charge in [0.15, 0.2) is 5.11 Å². The summed E-state index contributed by atoms with van der Waals surface area (Å²) in [5, 5.41) is 4.40. The fraction of sp³-hybridized carbons (Fsp3) is 0.385. The van der Waals surface area contributed by atoms with E-state index in [9.17, 15) is 0 Å². The largest absolute Gasteiger partial charge is 0.352 e. The van der Waals surface area contributed by atoms with Gasteiger partial charge in [-0.1, -0.05) is 38.5 Å². The Kier molecular flexibility index (Phi) is 6.42. The number of nitrogens with zero attached hydrogens (tertiary/aromatic N) is 3. The van der Waals surface area contributed by atoms with Crippen LogP contribution in [0, 0.1) is 13.8 Å². The van der Waals surface area contributed by atoms with Crippen molar-refractivity contribution in [1.29, 1.82) is 0 Å². The number of hydrogen-bond acceptors (Lipinski definition) is 2. The Hall–Kier alpha value is -2.66. The van der Waals surface area contributed by atoms with Crippen LogP contribution in [0.25, 0.3) is 5.69 Å². The molecule has 0 spiro atoms. The summed E-state index contributed by atoms with van der Waals surface area (Å²) in [6.45, 7) is 9.79. The van der Waals surface area contributed by atoms with Crippen molar-refractivity contribution >= 4 is 17.3 Å². The molecule has 0 bridgehead atoms. The van der Waals surface area contributed by atoms with E-state index in [1.54, 1.807) is 0 Å². The van der Waals surface area contributed by atoms with Gasteiger partial charge in [-0.3, -0.25) is 4.98 Å². The number of pyridine rings is 1. The summed E-state index contributed by atoms with van der Waals surface area (Å²) >= 11 is 5.79. The van der Waals surface area contributed by atoms with Crippen LogP contribution in [-0.2, 0) is 6.42 Å². The van der Waals surface area contributed by atoms with Gasteiger partial charge in [0.05, 0.1) is 17.8 Å². The smallest absolute Gasteiger partial charge is 0.170 e. The molecule has 1 aliphatic heterocycles. The van der Waals surface area contributed by atoms with E-state index in [2.05, 4.69) is 89.9 Å². The third-order valence-electron chi connectivity index (χ3n) is 6.34. The molecule has 0 amide bonds. The van der Waals surface area contributed by atoms with Gasteiger partial charge in [-0.15, -0.1) is 0 Å². The van der Waals surface area contributed by atoms with Gasteiger partial charge in [0.25, 0.3) is 0 Å². The fourth-order valence-corrected chi connectivity index (χ4v) is 5.01. The SMILES string of the molecule is CCCCN1C(=S)N[C@H](c2ccccn2)[C@H]1c1cc(C)n(-c2ccc(CC)cc2)c1C. The average molecular weight is 433 g/mol. The summed E-state index contributed by atoms with van der Waals surface area (Å²) in [6.07, 6.45) is 5.18. The number of hydrogen-bond donors (Lipinski definition) is 1. The third-order valence-corrected chi connectivity index (χ3v) is 6.69. The minimum atomic E-state index is 0.0435. The third kappa shape index (κ3) is 4.11. The second-order valence-corrected chi connectivity index (χ2v) is 8.74. The zero-order chi connectivity index (χ0) is 22.0. The standard InChI is InChI=1S/C26H32N4S/c1-5-7-16-29-25(24(28-26(29)31)23-10-8-9-15-27-23)22-17-18(3)30(19(22)4)21-13-11-20(6-2)12-14-21/h8-15,17,24-25H,5-7,16H2,1-4H3,(H,28,31)/t24-,25-/m1/s1. The number of aryl methyl sites for hydroxylation is 2. The number of thiocarbonyl (C=S) groups is 1. The molecule has 1 N–H and O–H groups in total. The lowest BCUT2D eigenvalue weighted by atomic mass is 9.96. The van der Waals surface area contributed by atoms with Crippen molar-refractivity contribution in [3.63, 3.8) is 0 Å². The van der Waals surface area contributed by atoms with E-state index in [0.717, 1.165) is 36.6 Å². The van der Waals surface area contributed by atoms with Crippen LogP contribution in [0.3, 0.4) is 0 Å². The summed E-state index contributed by atoms with van der Waals surface area (Å²) in [4.78, 5) is 7.03. The van der Waals surface area contributed by atoms with E-state index in [1.807, 2.05) is 12.3 Å². The summed E-state index contributed by atoms with van der Waals surface area (Å²) in [7, 11) is 0. The molecule has 0 radical (unpaired) electrons. The summed E-state index contributed by atoms with van der Waals surface area (Å²) < 4.78 is 2.36. The predicted octanol–water partition coefficient (Wildman–Crippen LogP) is 5.82. The van der Waals surface area contributed by atoms with Crippen molar-refractivity contribution in [3.8, 4) is 5.69 Å². The van der Waals surface area contributed by atoms with E-state index in [-0.39, 0.29) is 12.1 Å². The van der Waals surface area contributed by atoms with Crippen LogP contribution in [0.15, 0.2) is 54.7 Å². The lowest BCUT2D eigenvalue weighted by molar-refractivity contribution is 0.312. The summed E-state index contributed by atoms with van der Waals surface area (Å²) in [6, 6.07) is 17.5.